The van der Waals surface area contributed by atoms with Gasteiger partial charge in [-0.15, -0.1) is 0 Å². The van der Waals surface area contributed by atoms with Crippen molar-refractivity contribution in [3.05, 3.63) is 33.6 Å². The molecule has 0 saturated carbocycles. The van der Waals surface area contributed by atoms with Crippen LogP contribution in [0.4, 0.5) is 10.1 Å². The van der Waals surface area contributed by atoms with Crippen LogP contribution in [-0.4, -0.2) is 23.1 Å². The van der Waals surface area contributed by atoms with Gasteiger partial charge in [0.15, 0.2) is 11.6 Å². The number of rotatable bonds is 3. The van der Waals surface area contributed by atoms with E-state index >= 15 is 0 Å². The number of ether oxygens (including phenoxy) is 1. The quantitative estimate of drug-likeness (QED) is 0.457. The molecule has 0 amide bonds. The zero-order chi connectivity index (χ0) is 13.2. The van der Waals surface area contributed by atoms with E-state index in [4.69, 9.17) is 5.73 Å². The molecule has 1 atom stereocenters. The summed E-state index contributed by atoms with van der Waals surface area (Å²) in [7, 11) is 1.05. The van der Waals surface area contributed by atoms with Crippen LogP contribution in [0.1, 0.15) is 11.6 Å². The normalized spacial score (nSPS) is 11.9. The Kier molecular flexibility index (Phi) is 3.59. The van der Waals surface area contributed by atoms with E-state index in [2.05, 4.69) is 4.74 Å². The number of methoxy groups -OCH3 is 1. The second-order valence-electron chi connectivity index (χ2n) is 3.12. The number of nitrogens with two attached hydrogens (primary N) is 1. The number of nitro groups is 1. The smallest absolute Gasteiger partial charge is 0.327 e. The lowest BCUT2D eigenvalue weighted by atomic mass is 10.1. The molecule has 7 nitrogen and oxygen atoms in total. The number of esters is 1. The van der Waals surface area contributed by atoms with E-state index in [1.807, 2.05) is 0 Å². The van der Waals surface area contributed by atoms with Crippen LogP contribution in [0, 0.1) is 15.9 Å². The molecule has 0 fully saturated rings. The van der Waals surface area contributed by atoms with Crippen molar-refractivity contribution < 1.29 is 24.0 Å². The number of nitro benzene ring substituents is 1. The fourth-order valence-electron chi connectivity index (χ4n) is 1.20. The van der Waals surface area contributed by atoms with E-state index in [0.29, 0.717) is 6.07 Å². The molecule has 17 heavy (non-hydrogen) atoms. The predicted molar refractivity (Wildman–Crippen MR) is 53.7 cm³/mol. The van der Waals surface area contributed by atoms with Gasteiger partial charge >= 0.3 is 5.97 Å². The fraction of sp³-hybridized carbons (Fsp3) is 0.222. The van der Waals surface area contributed by atoms with Crippen molar-refractivity contribution in [1.29, 1.82) is 0 Å². The molecule has 0 spiro atoms. The Morgan fingerprint density at radius 3 is 2.71 bits per heavy atom. The van der Waals surface area contributed by atoms with Gasteiger partial charge in [0.05, 0.1) is 18.1 Å². The summed E-state index contributed by atoms with van der Waals surface area (Å²) in [6.45, 7) is 0. The number of nitrogens with zero attached hydrogens (tertiary/aromatic N) is 1. The van der Waals surface area contributed by atoms with Crippen molar-refractivity contribution in [2.24, 2.45) is 5.73 Å². The predicted octanol–water partition coefficient (Wildman–Crippen LogP) is 0.612. The van der Waals surface area contributed by atoms with E-state index in [1.54, 1.807) is 0 Å². The number of non-ortho nitro benzene ring substituents is 1. The minimum absolute atomic E-state index is 0.399. The van der Waals surface area contributed by atoms with Gasteiger partial charge in [-0.2, -0.15) is 0 Å². The molecule has 0 radical (unpaired) electrons. The lowest BCUT2D eigenvalue weighted by molar-refractivity contribution is -0.385. The van der Waals surface area contributed by atoms with Crippen LogP contribution in [0.2, 0.25) is 0 Å². The van der Waals surface area contributed by atoms with Gasteiger partial charge in [-0.25, -0.2) is 4.39 Å². The number of phenols is 1. The summed E-state index contributed by atoms with van der Waals surface area (Å²) in [6, 6.07) is -0.141. The molecule has 0 heterocycles. The first-order valence-corrected chi connectivity index (χ1v) is 4.38. The van der Waals surface area contributed by atoms with Crippen LogP contribution in [-0.2, 0) is 9.53 Å². The second kappa shape index (κ2) is 4.74. The number of halogens is 1. The van der Waals surface area contributed by atoms with E-state index < -0.39 is 39.8 Å². The van der Waals surface area contributed by atoms with Crippen molar-refractivity contribution in [1.82, 2.24) is 0 Å². The number of benzene rings is 1. The van der Waals surface area contributed by atoms with Crippen molar-refractivity contribution in [3.63, 3.8) is 0 Å². The van der Waals surface area contributed by atoms with Gasteiger partial charge in [-0.05, 0) is 0 Å². The molecule has 3 N–H and O–H groups in total. The van der Waals surface area contributed by atoms with Gasteiger partial charge < -0.3 is 15.6 Å². The molecule has 0 aliphatic carbocycles. The SMILES string of the molecule is COC(=O)[C@H](N)c1cc([N+](=O)[O-])cc(F)c1O. The molecule has 1 aromatic rings. The lowest BCUT2D eigenvalue weighted by Crippen LogP contribution is -2.23. The zero-order valence-electron chi connectivity index (χ0n) is 8.71. The van der Waals surface area contributed by atoms with E-state index in [0.717, 1.165) is 13.2 Å². The van der Waals surface area contributed by atoms with Crippen molar-refractivity contribution >= 4 is 11.7 Å². The molecular formula is C9H9FN2O5. The monoisotopic (exact) mass is 244 g/mol. The molecule has 0 bridgehead atoms. The van der Waals surface area contributed by atoms with Crippen molar-refractivity contribution in [3.8, 4) is 5.75 Å². The molecule has 0 aromatic heterocycles. The average Bonchev–Trinajstić information content (AvgIpc) is 2.30. The van der Waals surface area contributed by atoms with Crippen LogP contribution in [0.5, 0.6) is 5.75 Å². The molecule has 0 unspecified atom stereocenters. The zero-order valence-corrected chi connectivity index (χ0v) is 8.71. The highest BCUT2D eigenvalue weighted by Gasteiger charge is 2.25. The highest BCUT2D eigenvalue weighted by atomic mass is 19.1. The van der Waals surface area contributed by atoms with E-state index in [1.165, 1.54) is 0 Å². The van der Waals surface area contributed by atoms with Gasteiger partial charge in [-0.1, -0.05) is 0 Å². The second-order valence-corrected chi connectivity index (χ2v) is 3.12. The van der Waals surface area contributed by atoms with Crippen LogP contribution >= 0.6 is 0 Å². The first-order chi connectivity index (χ1) is 7.88. The number of aromatic hydroxyl groups is 1. The largest absolute Gasteiger partial charge is 0.505 e. The van der Waals surface area contributed by atoms with Crippen LogP contribution < -0.4 is 5.73 Å². The maximum atomic E-state index is 13.2. The molecule has 8 heteroatoms. The minimum Gasteiger partial charge on any atom is -0.505 e. The summed E-state index contributed by atoms with van der Waals surface area (Å²) in [4.78, 5) is 20.7. The summed E-state index contributed by atoms with van der Waals surface area (Å²) >= 11 is 0. The lowest BCUT2D eigenvalue weighted by Gasteiger charge is -2.11. The molecule has 0 aliphatic heterocycles. The summed E-state index contributed by atoms with van der Waals surface area (Å²) < 4.78 is 17.5. The average molecular weight is 244 g/mol. The number of hydrogen-bond donors (Lipinski definition) is 2. The van der Waals surface area contributed by atoms with Gasteiger partial charge in [0, 0.05) is 11.6 Å². The van der Waals surface area contributed by atoms with Crippen LogP contribution in [0.25, 0.3) is 0 Å². The number of phenolic OH excluding ortho intramolecular Hbond substituents is 1. The highest BCUT2D eigenvalue weighted by molar-refractivity contribution is 5.78. The first kappa shape index (κ1) is 12.8. The van der Waals surface area contributed by atoms with E-state index in [9.17, 15) is 24.4 Å². The number of carbonyl (C=O) groups excluding carboxylic acids is 1. The van der Waals surface area contributed by atoms with Gasteiger partial charge in [-0.3, -0.25) is 14.9 Å². The molecular weight excluding hydrogens is 235 g/mol. The maximum absolute atomic E-state index is 13.2. The third-order valence-electron chi connectivity index (χ3n) is 2.08. The summed E-state index contributed by atoms with van der Waals surface area (Å²) in [5.74, 6) is -3.08. The number of carbonyl (C=O) groups is 1. The fourth-order valence-corrected chi connectivity index (χ4v) is 1.20. The van der Waals surface area contributed by atoms with Gasteiger partial charge in [0.1, 0.15) is 6.04 Å². The molecule has 92 valence electrons. The van der Waals surface area contributed by atoms with Crippen molar-refractivity contribution in [2.45, 2.75) is 6.04 Å². The Labute approximate surface area is 94.8 Å². The van der Waals surface area contributed by atoms with E-state index in [-0.39, 0.29) is 0 Å². The molecule has 0 aliphatic rings. The molecule has 0 saturated heterocycles. The standard InChI is InChI=1S/C9H9FN2O5/c1-17-9(14)7(11)5-2-4(12(15)16)3-6(10)8(5)13/h2-3,7,13H,11H2,1H3/t7-/m1/s1. The van der Waals surface area contributed by atoms with Crippen molar-refractivity contribution in [2.75, 3.05) is 7.11 Å². The Balaban J connectivity index is 3.31. The minimum atomic E-state index is -1.49. The topological polar surface area (TPSA) is 116 Å². The molecule has 1 aromatic carbocycles. The third kappa shape index (κ3) is 2.48. The number of hydrogen-bond acceptors (Lipinski definition) is 6. The molecule has 1 rings (SSSR count). The third-order valence-corrected chi connectivity index (χ3v) is 2.08. The Morgan fingerprint density at radius 1 is 1.65 bits per heavy atom. The summed E-state index contributed by atoms with van der Waals surface area (Å²) in [6.07, 6.45) is 0. The van der Waals surface area contributed by atoms with Crippen LogP contribution in [0.15, 0.2) is 12.1 Å². The Morgan fingerprint density at radius 2 is 2.24 bits per heavy atom. The maximum Gasteiger partial charge on any atom is 0.327 e. The van der Waals surface area contributed by atoms with Gasteiger partial charge in [0.25, 0.3) is 5.69 Å². The Hall–Kier alpha value is -2.22. The summed E-state index contributed by atoms with van der Waals surface area (Å²) in [5, 5.41) is 19.8. The summed E-state index contributed by atoms with van der Waals surface area (Å²) in [5.41, 5.74) is 4.35. The van der Waals surface area contributed by atoms with Gasteiger partial charge in [0.2, 0.25) is 0 Å². The first-order valence-electron chi connectivity index (χ1n) is 4.38. The Bertz CT molecular complexity index is 477. The highest BCUT2D eigenvalue weighted by Crippen LogP contribution is 2.31. The van der Waals surface area contributed by atoms with Crippen LogP contribution in [0.3, 0.4) is 0 Å².